The number of amides is 1. The molecule has 1 N–H and O–H groups in total. The second-order valence-corrected chi connectivity index (χ2v) is 4.91. The summed E-state index contributed by atoms with van der Waals surface area (Å²) in [6, 6.07) is 7.51. The predicted molar refractivity (Wildman–Crippen MR) is 69.6 cm³/mol. The van der Waals surface area contributed by atoms with E-state index in [4.69, 9.17) is 4.74 Å². The maximum Gasteiger partial charge on any atom is 0.251 e. The lowest BCUT2D eigenvalue weighted by atomic mass is 10.2. The highest BCUT2D eigenvalue weighted by molar-refractivity contribution is 7.80. The number of ether oxygens (including phenoxy) is 1. The minimum Gasteiger partial charge on any atom is -0.381 e. The number of carbonyl (C=O) groups is 1. The molecule has 2 unspecified atom stereocenters. The fraction of sp³-hybridized carbons (Fsp3) is 0.462. The summed E-state index contributed by atoms with van der Waals surface area (Å²) >= 11 is 4.23. The molecule has 3 nitrogen and oxygen atoms in total. The lowest BCUT2D eigenvalue weighted by Crippen LogP contribution is -2.33. The van der Waals surface area contributed by atoms with E-state index in [9.17, 15) is 4.79 Å². The van der Waals surface area contributed by atoms with Gasteiger partial charge in [0.15, 0.2) is 0 Å². The van der Waals surface area contributed by atoms with Gasteiger partial charge in [-0.05, 0) is 37.5 Å². The first-order valence-electron chi connectivity index (χ1n) is 5.81. The lowest BCUT2D eigenvalue weighted by Gasteiger charge is -2.13. The zero-order chi connectivity index (χ0) is 12.3. The molecule has 17 heavy (non-hydrogen) atoms. The van der Waals surface area contributed by atoms with Gasteiger partial charge in [-0.25, -0.2) is 0 Å². The first-order chi connectivity index (χ1) is 8.19. The SMILES string of the molecule is COC1CCC(NC(=O)c2cccc(S)c2)C1. The third-order valence-electron chi connectivity index (χ3n) is 3.16. The van der Waals surface area contributed by atoms with Gasteiger partial charge >= 0.3 is 0 Å². The van der Waals surface area contributed by atoms with Crippen molar-refractivity contribution in [1.29, 1.82) is 0 Å². The predicted octanol–water partition coefficient (Wildman–Crippen LogP) is 2.27. The number of hydrogen-bond acceptors (Lipinski definition) is 3. The first kappa shape index (κ1) is 12.5. The molecule has 2 atom stereocenters. The van der Waals surface area contributed by atoms with E-state index in [2.05, 4.69) is 17.9 Å². The summed E-state index contributed by atoms with van der Waals surface area (Å²) in [6.45, 7) is 0. The fourth-order valence-electron chi connectivity index (χ4n) is 2.20. The van der Waals surface area contributed by atoms with Gasteiger partial charge in [0.1, 0.15) is 0 Å². The van der Waals surface area contributed by atoms with Gasteiger partial charge in [-0.1, -0.05) is 6.07 Å². The number of nitrogens with one attached hydrogen (secondary N) is 1. The molecule has 92 valence electrons. The Labute approximate surface area is 107 Å². The lowest BCUT2D eigenvalue weighted by molar-refractivity contribution is 0.0915. The van der Waals surface area contributed by atoms with Crippen molar-refractivity contribution in [3.63, 3.8) is 0 Å². The van der Waals surface area contributed by atoms with Crippen LogP contribution >= 0.6 is 12.6 Å². The van der Waals surface area contributed by atoms with Gasteiger partial charge < -0.3 is 10.1 Å². The normalized spacial score (nSPS) is 23.6. The van der Waals surface area contributed by atoms with E-state index < -0.39 is 0 Å². The summed E-state index contributed by atoms with van der Waals surface area (Å²) in [5.41, 5.74) is 0.665. The van der Waals surface area contributed by atoms with Gasteiger partial charge in [0, 0.05) is 23.6 Å². The third-order valence-corrected chi connectivity index (χ3v) is 3.44. The molecule has 1 fully saturated rings. The highest BCUT2D eigenvalue weighted by Crippen LogP contribution is 2.21. The number of hydrogen-bond donors (Lipinski definition) is 2. The minimum absolute atomic E-state index is 0.0253. The smallest absolute Gasteiger partial charge is 0.251 e. The van der Waals surface area contributed by atoms with Gasteiger partial charge in [0.05, 0.1) is 6.10 Å². The molecule has 0 saturated heterocycles. The summed E-state index contributed by atoms with van der Waals surface area (Å²) < 4.78 is 5.28. The molecule has 0 spiro atoms. The van der Waals surface area contributed by atoms with Crippen molar-refractivity contribution in [1.82, 2.24) is 5.32 Å². The van der Waals surface area contributed by atoms with E-state index in [1.54, 1.807) is 19.2 Å². The van der Waals surface area contributed by atoms with Crippen LogP contribution in [0.4, 0.5) is 0 Å². The van der Waals surface area contributed by atoms with Crippen LogP contribution in [-0.4, -0.2) is 25.2 Å². The van der Waals surface area contributed by atoms with Crippen LogP contribution in [0, 0.1) is 0 Å². The Morgan fingerprint density at radius 2 is 2.29 bits per heavy atom. The molecule has 0 aromatic heterocycles. The number of thiol groups is 1. The van der Waals surface area contributed by atoms with Gasteiger partial charge in [0.2, 0.25) is 0 Å². The van der Waals surface area contributed by atoms with Crippen molar-refractivity contribution in [2.75, 3.05) is 7.11 Å². The molecule has 1 aromatic rings. The second kappa shape index (κ2) is 5.56. The highest BCUT2D eigenvalue weighted by Gasteiger charge is 2.25. The Balaban J connectivity index is 1.94. The van der Waals surface area contributed by atoms with Crippen LogP contribution in [0.1, 0.15) is 29.6 Å². The number of rotatable bonds is 3. The average molecular weight is 251 g/mol. The molecular weight excluding hydrogens is 234 g/mol. The average Bonchev–Trinajstić information content (AvgIpc) is 2.77. The zero-order valence-corrected chi connectivity index (χ0v) is 10.7. The maximum absolute atomic E-state index is 12.0. The van der Waals surface area contributed by atoms with E-state index in [1.165, 1.54) is 0 Å². The molecule has 1 aliphatic rings. The molecule has 0 aliphatic heterocycles. The Kier molecular flexibility index (Phi) is 4.07. The molecule has 4 heteroatoms. The molecule has 0 radical (unpaired) electrons. The fourth-order valence-corrected chi connectivity index (χ4v) is 2.43. The Bertz CT molecular complexity index is 408. The molecule has 1 aliphatic carbocycles. The van der Waals surface area contributed by atoms with E-state index in [0.717, 1.165) is 24.2 Å². The van der Waals surface area contributed by atoms with Crippen molar-refractivity contribution in [2.45, 2.75) is 36.3 Å². The van der Waals surface area contributed by atoms with Crippen LogP contribution in [-0.2, 0) is 4.74 Å². The van der Waals surface area contributed by atoms with Crippen LogP contribution in [0.3, 0.4) is 0 Å². The Morgan fingerprint density at radius 3 is 2.94 bits per heavy atom. The van der Waals surface area contributed by atoms with E-state index >= 15 is 0 Å². The quantitative estimate of drug-likeness (QED) is 0.809. The van der Waals surface area contributed by atoms with Gasteiger partial charge in [-0.2, -0.15) is 0 Å². The van der Waals surface area contributed by atoms with Gasteiger partial charge in [0.25, 0.3) is 5.91 Å². The van der Waals surface area contributed by atoms with Crippen LogP contribution in [0.15, 0.2) is 29.2 Å². The van der Waals surface area contributed by atoms with Crippen LogP contribution < -0.4 is 5.32 Å². The molecular formula is C13H17NO2S. The van der Waals surface area contributed by atoms with Crippen LogP contribution in [0.25, 0.3) is 0 Å². The Morgan fingerprint density at radius 1 is 1.47 bits per heavy atom. The third kappa shape index (κ3) is 3.23. The topological polar surface area (TPSA) is 38.3 Å². The summed E-state index contributed by atoms with van der Waals surface area (Å²) in [4.78, 5) is 12.8. The van der Waals surface area contributed by atoms with Gasteiger partial charge in [-0.3, -0.25) is 4.79 Å². The van der Waals surface area contributed by atoms with Crippen molar-refractivity contribution >= 4 is 18.5 Å². The van der Waals surface area contributed by atoms with Crippen molar-refractivity contribution in [3.8, 4) is 0 Å². The molecule has 2 rings (SSSR count). The van der Waals surface area contributed by atoms with Crippen molar-refractivity contribution in [2.24, 2.45) is 0 Å². The molecule has 0 heterocycles. The van der Waals surface area contributed by atoms with Crippen molar-refractivity contribution < 1.29 is 9.53 Å². The van der Waals surface area contributed by atoms with E-state index in [-0.39, 0.29) is 18.1 Å². The van der Waals surface area contributed by atoms with Crippen molar-refractivity contribution in [3.05, 3.63) is 29.8 Å². The van der Waals surface area contributed by atoms with Gasteiger partial charge in [-0.15, -0.1) is 12.6 Å². The Hall–Kier alpha value is -1.00. The minimum atomic E-state index is -0.0253. The summed E-state index contributed by atoms with van der Waals surface area (Å²) in [5.74, 6) is -0.0253. The molecule has 1 amide bonds. The zero-order valence-electron chi connectivity index (χ0n) is 9.85. The first-order valence-corrected chi connectivity index (χ1v) is 6.26. The highest BCUT2D eigenvalue weighted by atomic mass is 32.1. The largest absolute Gasteiger partial charge is 0.381 e. The maximum atomic E-state index is 12.0. The molecule has 1 saturated carbocycles. The second-order valence-electron chi connectivity index (χ2n) is 4.39. The number of carbonyl (C=O) groups excluding carboxylic acids is 1. The number of methoxy groups -OCH3 is 1. The monoisotopic (exact) mass is 251 g/mol. The van der Waals surface area contributed by atoms with Crippen LogP contribution in [0.2, 0.25) is 0 Å². The van der Waals surface area contributed by atoms with E-state index in [1.807, 2.05) is 12.1 Å². The summed E-state index contributed by atoms with van der Waals surface area (Å²) in [6.07, 6.45) is 3.21. The molecule has 1 aromatic carbocycles. The molecule has 0 bridgehead atoms. The number of benzene rings is 1. The van der Waals surface area contributed by atoms with E-state index in [0.29, 0.717) is 5.56 Å². The summed E-state index contributed by atoms with van der Waals surface area (Å²) in [5, 5.41) is 3.03. The summed E-state index contributed by atoms with van der Waals surface area (Å²) in [7, 11) is 1.72. The standard InChI is InChI=1S/C13H17NO2S/c1-16-11-6-5-10(8-11)14-13(15)9-3-2-4-12(17)7-9/h2-4,7,10-11,17H,5-6,8H2,1H3,(H,14,15). The van der Waals surface area contributed by atoms with Crippen LogP contribution in [0.5, 0.6) is 0 Å².